The first-order valence-corrected chi connectivity index (χ1v) is 4.78. The monoisotopic (exact) mass is 177 g/mol. The predicted octanol–water partition coefficient (Wildman–Crippen LogP) is 3.32. The quantitative estimate of drug-likeness (QED) is 0.730. The summed E-state index contributed by atoms with van der Waals surface area (Å²) in [7, 11) is 1.95. The van der Waals surface area contributed by atoms with E-state index < -0.39 is 0 Å². The number of hydrogen-bond donors (Lipinski definition) is 1. The van der Waals surface area contributed by atoms with E-state index in [1.807, 2.05) is 7.05 Å². The molecule has 0 saturated carbocycles. The van der Waals surface area contributed by atoms with Crippen LogP contribution in [0, 0.1) is 5.41 Å². The molecule has 0 heterocycles. The highest BCUT2D eigenvalue weighted by Crippen LogP contribution is 2.21. The van der Waals surface area contributed by atoms with Crippen LogP contribution < -0.4 is 5.32 Å². The maximum absolute atomic E-state index is 3.15. The van der Waals surface area contributed by atoms with Gasteiger partial charge in [0.05, 0.1) is 0 Å². The highest BCUT2D eigenvalue weighted by atomic mass is 14.8. The van der Waals surface area contributed by atoms with E-state index in [0.29, 0.717) is 5.41 Å². The molecule has 0 atom stereocenters. The Hall–Kier alpha value is -0.980. The van der Waals surface area contributed by atoms with Gasteiger partial charge in [-0.1, -0.05) is 32.9 Å². The van der Waals surface area contributed by atoms with Gasteiger partial charge in [0.25, 0.3) is 0 Å². The first-order valence-electron chi connectivity index (χ1n) is 4.78. The Balaban J connectivity index is 2.78. The Labute approximate surface area is 81.2 Å². The maximum atomic E-state index is 3.15. The average Bonchev–Trinajstić information content (AvgIpc) is 2.01. The van der Waals surface area contributed by atoms with Crippen molar-refractivity contribution in [1.29, 1.82) is 0 Å². The lowest BCUT2D eigenvalue weighted by molar-refractivity contribution is 0.411. The fourth-order valence-corrected chi connectivity index (χ4v) is 1.45. The number of benzene rings is 1. The van der Waals surface area contributed by atoms with Crippen LogP contribution in [0.5, 0.6) is 0 Å². The van der Waals surface area contributed by atoms with E-state index in [0.717, 1.165) is 6.42 Å². The summed E-state index contributed by atoms with van der Waals surface area (Å²) in [6, 6.07) is 8.59. The summed E-state index contributed by atoms with van der Waals surface area (Å²) in [6.45, 7) is 6.79. The predicted molar refractivity (Wildman–Crippen MR) is 59.1 cm³/mol. The van der Waals surface area contributed by atoms with E-state index in [-0.39, 0.29) is 0 Å². The fourth-order valence-electron chi connectivity index (χ4n) is 1.45. The largest absolute Gasteiger partial charge is 0.388 e. The first kappa shape index (κ1) is 10.1. The van der Waals surface area contributed by atoms with E-state index in [2.05, 4.69) is 50.4 Å². The molecule has 0 saturated heterocycles. The third-order valence-corrected chi connectivity index (χ3v) is 1.95. The molecule has 0 aliphatic rings. The van der Waals surface area contributed by atoms with Crippen molar-refractivity contribution >= 4 is 5.69 Å². The fraction of sp³-hybridized carbons (Fsp3) is 0.500. The lowest BCUT2D eigenvalue weighted by atomic mass is 9.88. The molecule has 1 nitrogen and oxygen atoms in total. The van der Waals surface area contributed by atoms with E-state index in [1.165, 1.54) is 11.3 Å². The van der Waals surface area contributed by atoms with Crippen LogP contribution in [0.1, 0.15) is 26.3 Å². The molecular formula is C12H19N. The van der Waals surface area contributed by atoms with Crippen LogP contribution in [-0.4, -0.2) is 7.05 Å². The van der Waals surface area contributed by atoms with Crippen LogP contribution in [0.25, 0.3) is 0 Å². The zero-order valence-electron chi connectivity index (χ0n) is 9.02. The average molecular weight is 177 g/mol. The lowest BCUT2D eigenvalue weighted by Gasteiger charge is -2.18. The topological polar surface area (TPSA) is 12.0 Å². The molecule has 1 rings (SSSR count). The van der Waals surface area contributed by atoms with E-state index in [1.54, 1.807) is 0 Å². The van der Waals surface area contributed by atoms with E-state index >= 15 is 0 Å². The van der Waals surface area contributed by atoms with Gasteiger partial charge in [-0.15, -0.1) is 0 Å². The van der Waals surface area contributed by atoms with Crippen LogP contribution in [0.2, 0.25) is 0 Å². The van der Waals surface area contributed by atoms with Crippen molar-refractivity contribution in [2.75, 3.05) is 12.4 Å². The number of anilines is 1. The van der Waals surface area contributed by atoms with Gasteiger partial charge in [0, 0.05) is 12.7 Å². The smallest absolute Gasteiger partial charge is 0.0340 e. The van der Waals surface area contributed by atoms with Crippen molar-refractivity contribution in [3.8, 4) is 0 Å². The Bertz CT molecular complexity index is 271. The van der Waals surface area contributed by atoms with E-state index in [9.17, 15) is 0 Å². The molecule has 0 amide bonds. The van der Waals surface area contributed by atoms with Crippen molar-refractivity contribution in [2.45, 2.75) is 27.2 Å². The molecule has 0 bridgehead atoms. The van der Waals surface area contributed by atoms with Crippen molar-refractivity contribution in [1.82, 2.24) is 0 Å². The minimum Gasteiger partial charge on any atom is -0.388 e. The van der Waals surface area contributed by atoms with Gasteiger partial charge in [-0.3, -0.25) is 0 Å². The third-order valence-electron chi connectivity index (χ3n) is 1.95. The molecule has 0 fully saturated rings. The maximum Gasteiger partial charge on any atom is 0.0340 e. The van der Waals surface area contributed by atoms with Crippen molar-refractivity contribution in [3.05, 3.63) is 29.8 Å². The molecule has 13 heavy (non-hydrogen) atoms. The molecule has 0 spiro atoms. The molecule has 1 heteroatoms. The minimum atomic E-state index is 0.367. The van der Waals surface area contributed by atoms with Gasteiger partial charge in [-0.05, 0) is 29.5 Å². The Morgan fingerprint density at radius 2 is 1.92 bits per heavy atom. The third kappa shape index (κ3) is 3.49. The summed E-state index contributed by atoms with van der Waals surface area (Å²) in [5, 5.41) is 3.15. The summed E-state index contributed by atoms with van der Waals surface area (Å²) in [5.74, 6) is 0. The van der Waals surface area contributed by atoms with Crippen LogP contribution in [0.3, 0.4) is 0 Å². The summed E-state index contributed by atoms with van der Waals surface area (Å²) in [4.78, 5) is 0. The van der Waals surface area contributed by atoms with Crippen LogP contribution in [0.15, 0.2) is 24.3 Å². The van der Waals surface area contributed by atoms with Gasteiger partial charge in [-0.25, -0.2) is 0 Å². The molecule has 0 radical (unpaired) electrons. The van der Waals surface area contributed by atoms with Crippen LogP contribution in [0.4, 0.5) is 5.69 Å². The number of hydrogen-bond acceptors (Lipinski definition) is 1. The summed E-state index contributed by atoms with van der Waals surface area (Å²) in [5.41, 5.74) is 2.97. The first-order chi connectivity index (χ1) is 6.01. The molecule has 0 unspecified atom stereocenters. The lowest BCUT2D eigenvalue weighted by Crippen LogP contribution is -2.09. The summed E-state index contributed by atoms with van der Waals surface area (Å²) >= 11 is 0. The summed E-state index contributed by atoms with van der Waals surface area (Å²) in [6.07, 6.45) is 1.13. The van der Waals surface area contributed by atoms with Crippen LogP contribution >= 0.6 is 0 Å². The SMILES string of the molecule is CNc1cccc(CC(C)(C)C)c1. The van der Waals surface area contributed by atoms with E-state index in [4.69, 9.17) is 0 Å². The van der Waals surface area contributed by atoms with Gasteiger partial charge >= 0.3 is 0 Å². The van der Waals surface area contributed by atoms with Crippen molar-refractivity contribution in [2.24, 2.45) is 5.41 Å². The standard InChI is InChI=1S/C12H19N/c1-12(2,3)9-10-6-5-7-11(8-10)13-4/h5-8,13H,9H2,1-4H3. The highest BCUT2D eigenvalue weighted by Gasteiger charge is 2.10. The second kappa shape index (κ2) is 3.82. The Kier molecular flexibility index (Phi) is 2.97. The number of rotatable bonds is 2. The molecule has 0 aromatic heterocycles. The minimum absolute atomic E-state index is 0.367. The summed E-state index contributed by atoms with van der Waals surface area (Å²) < 4.78 is 0. The second-order valence-electron chi connectivity index (χ2n) is 4.69. The molecule has 0 aliphatic heterocycles. The Morgan fingerprint density at radius 1 is 1.23 bits per heavy atom. The zero-order valence-corrected chi connectivity index (χ0v) is 9.02. The second-order valence-corrected chi connectivity index (χ2v) is 4.69. The van der Waals surface area contributed by atoms with Crippen LogP contribution in [-0.2, 0) is 6.42 Å². The zero-order chi connectivity index (χ0) is 9.90. The highest BCUT2D eigenvalue weighted by molar-refractivity contribution is 5.45. The van der Waals surface area contributed by atoms with Gasteiger partial charge < -0.3 is 5.32 Å². The normalized spacial score (nSPS) is 11.4. The van der Waals surface area contributed by atoms with Gasteiger partial charge in [0.1, 0.15) is 0 Å². The van der Waals surface area contributed by atoms with Gasteiger partial charge in [0.2, 0.25) is 0 Å². The van der Waals surface area contributed by atoms with Gasteiger partial charge in [0.15, 0.2) is 0 Å². The Morgan fingerprint density at radius 3 is 2.46 bits per heavy atom. The van der Waals surface area contributed by atoms with Gasteiger partial charge in [-0.2, -0.15) is 0 Å². The van der Waals surface area contributed by atoms with Crippen molar-refractivity contribution < 1.29 is 0 Å². The molecule has 1 aromatic rings. The molecular weight excluding hydrogens is 158 g/mol. The molecule has 72 valence electrons. The molecule has 1 N–H and O–H groups in total. The van der Waals surface area contributed by atoms with Crippen molar-refractivity contribution in [3.63, 3.8) is 0 Å². The number of nitrogens with one attached hydrogen (secondary N) is 1. The molecule has 1 aromatic carbocycles. The molecule has 0 aliphatic carbocycles.